The van der Waals surface area contributed by atoms with Crippen molar-refractivity contribution in [1.29, 1.82) is 0 Å². The number of aliphatic hydroxyl groups excluding tert-OH is 1. The highest BCUT2D eigenvalue weighted by Gasteiger charge is 2.20. The Morgan fingerprint density at radius 2 is 2.00 bits per heavy atom. The number of anilines is 2. The number of likely N-dealkylation sites (N-methyl/N-ethyl adjacent to an activating group) is 1. The van der Waals surface area contributed by atoms with Crippen LogP contribution in [-0.4, -0.2) is 41.8 Å². The van der Waals surface area contributed by atoms with Crippen LogP contribution in [0.1, 0.15) is 33.5 Å². The molecule has 0 aromatic carbocycles. The monoisotopic (exact) mass is 252 g/mol. The lowest BCUT2D eigenvalue weighted by atomic mass is 9.96. The second kappa shape index (κ2) is 5.52. The second-order valence-electron chi connectivity index (χ2n) is 5.66. The molecule has 1 rings (SSSR count). The van der Waals surface area contributed by atoms with Crippen LogP contribution in [0.2, 0.25) is 0 Å². The van der Waals surface area contributed by atoms with E-state index < -0.39 is 0 Å². The summed E-state index contributed by atoms with van der Waals surface area (Å²) in [7, 11) is 3.76. The van der Waals surface area contributed by atoms with Gasteiger partial charge in [0.25, 0.3) is 0 Å². The molecule has 1 aromatic heterocycles. The topological polar surface area (TPSA) is 61.3 Å². The highest BCUT2D eigenvalue weighted by atomic mass is 16.3. The van der Waals surface area contributed by atoms with Crippen molar-refractivity contribution in [3.8, 4) is 0 Å². The van der Waals surface area contributed by atoms with Gasteiger partial charge in [-0.2, -0.15) is 0 Å². The molecule has 1 atom stereocenters. The Kier molecular flexibility index (Phi) is 4.51. The summed E-state index contributed by atoms with van der Waals surface area (Å²) in [4.78, 5) is 11.0. The standard InChI is InChI=1S/C13H24N4O/c1-9(18)8-17(6)11-7-10(14-5)15-12(16-11)13(2,3)4/h7,9,18H,8H2,1-6H3,(H,14,15,16). The van der Waals surface area contributed by atoms with Gasteiger partial charge in [0.05, 0.1) is 6.10 Å². The van der Waals surface area contributed by atoms with E-state index in [0.29, 0.717) is 6.54 Å². The molecule has 0 fully saturated rings. The van der Waals surface area contributed by atoms with E-state index in [1.807, 2.05) is 25.1 Å². The van der Waals surface area contributed by atoms with Crippen molar-refractivity contribution in [2.75, 3.05) is 30.9 Å². The molecular weight excluding hydrogens is 228 g/mol. The van der Waals surface area contributed by atoms with Crippen LogP contribution in [0.5, 0.6) is 0 Å². The van der Waals surface area contributed by atoms with Gasteiger partial charge in [0.2, 0.25) is 0 Å². The van der Waals surface area contributed by atoms with Crippen LogP contribution in [0.4, 0.5) is 11.6 Å². The normalized spacial score (nSPS) is 13.3. The second-order valence-corrected chi connectivity index (χ2v) is 5.66. The van der Waals surface area contributed by atoms with Crippen molar-refractivity contribution in [1.82, 2.24) is 9.97 Å². The molecule has 0 aliphatic carbocycles. The van der Waals surface area contributed by atoms with Gasteiger partial charge in [-0.25, -0.2) is 9.97 Å². The quantitative estimate of drug-likeness (QED) is 0.853. The Balaban J connectivity index is 3.12. The van der Waals surface area contributed by atoms with E-state index >= 15 is 0 Å². The van der Waals surface area contributed by atoms with Gasteiger partial charge in [-0.1, -0.05) is 20.8 Å². The number of aliphatic hydroxyl groups is 1. The number of nitrogens with one attached hydrogen (secondary N) is 1. The molecule has 1 unspecified atom stereocenters. The molecule has 0 saturated carbocycles. The Hall–Kier alpha value is -1.36. The summed E-state index contributed by atoms with van der Waals surface area (Å²) < 4.78 is 0. The van der Waals surface area contributed by atoms with Gasteiger partial charge in [0.15, 0.2) is 0 Å². The van der Waals surface area contributed by atoms with Crippen LogP contribution in [-0.2, 0) is 5.41 Å². The number of hydrogen-bond acceptors (Lipinski definition) is 5. The van der Waals surface area contributed by atoms with Crippen molar-refractivity contribution in [2.45, 2.75) is 39.2 Å². The molecule has 0 amide bonds. The van der Waals surface area contributed by atoms with Crippen molar-refractivity contribution < 1.29 is 5.11 Å². The van der Waals surface area contributed by atoms with Gasteiger partial charge in [-0.15, -0.1) is 0 Å². The molecule has 0 saturated heterocycles. The molecular formula is C13H24N4O. The molecule has 0 aliphatic rings. The number of nitrogens with zero attached hydrogens (tertiary/aromatic N) is 3. The lowest BCUT2D eigenvalue weighted by molar-refractivity contribution is 0.201. The van der Waals surface area contributed by atoms with E-state index in [-0.39, 0.29) is 11.5 Å². The third-order valence-electron chi connectivity index (χ3n) is 2.57. The predicted octanol–water partition coefficient (Wildman–Crippen LogP) is 1.63. The predicted molar refractivity (Wildman–Crippen MR) is 75.2 cm³/mol. The van der Waals surface area contributed by atoms with Crippen LogP contribution in [0, 0.1) is 0 Å². The van der Waals surface area contributed by atoms with Crippen molar-refractivity contribution in [3.05, 3.63) is 11.9 Å². The zero-order chi connectivity index (χ0) is 13.9. The molecule has 5 heteroatoms. The largest absolute Gasteiger partial charge is 0.392 e. The maximum absolute atomic E-state index is 9.44. The van der Waals surface area contributed by atoms with Crippen molar-refractivity contribution in [3.63, 3.8) is 0 Å². The van der Waals surface area contributed by atoms with Crippen LogP contribution in [0.3, 0.4) is 0 Å². The molecule has 5 nitrogen and oxygen atoms in total. The zero-order valence-electron chi connectivity index (χ0n) is 12.2. The highest BCUT2D eigenvalue weighted by Crippen LogP contribution is 2.23. The lowest BCUT2D eigenvalue weighted by Crippen LogP contribution is -2.29. The van der Waals surface area contributed by atoms with E-state index in [9.17, 15) is 5.11 Å². The fourth-order valence-electron chi connectivity index (χ4n) is 1.58. The smallest absolute Gasteiger partial charge is 0.138 e. The number of hydrogen-bond donors (Lipinski definition) is 2. The van der Waals surface area contributed by atoms with E-state index in [1.54, 1.807) is 6.92 Å². The zero-order valence-corrected chi connectivity index (χ0v) is 12.2. The van der Waals surface area contributed by atoms with E-state index in [1.165, 1.54) is 0 Å². The van der Waals surface area contributed by atoms with Gasteiger partial charge >= 0.3 is 0 Å². The fraction of sp³-hybridized carbons (Fsp3) is 0.692. The average Bonchev–Trinajstić information content (AvgIpc) is 2.26. The lowest BCUT2D eigenvalue weighted by Gasteiger charge is -2.24. The van der Waals surface area contributed by atoms with Crippen molar-refractivity contribution >= 4 is 11.6 Å². The fourth-order valence-corrected chi connectivity index (χ4v) is 1.58. The molecule has 2 N–H and O–H groups in total. The molecule has 18 heavy (non-hydrogen) atoms. The first kappa shape index (κ1) is 14.7. The van der Waals surface area contributed by atoms with Gasteiger partial charge in [0, 0.05) is 32.1 Å². The van der Waals surface area contributed by atoms with E-state index in [4.69, 9.17) is 0 Å². The van der Waals surface area contributed by atoms with Gasteiger partial charge < -0.3 is 15.3 Å². The summed E-state index contributed by atoms with van der Waals surface area (Å²) in [6.45, 7) is 8.56. The van der Waals surface area contributed by atoms with Gasteiger partial charge in [0.1, 0.15) is 17.5 Å². The van der Waals surface area contributed by atoms with E-state index in [0.717, 1.165) is 17.5 Å². The summed E-state index contributed by atoms with van der Waals surface area (Å²) in [5.74, 6) is 2.41. The van der Waals surface area contributed by atoms with Gasteiger partial charge in [-0.3, -0.25) is 0 Å². The number of aromatic nitrogens is 2. The molecule has 0 spiro atoms. The first-order valence-corrected chi connectivity index (χ1v) is 6.20. The first-order chi connectivity index (χ1) is 8.24. The Morgan fingerprint density at radius 3 is 2.44 bits per heavy atom. The maximum Gasteiger partial charge on any atom is 0.138 e. The van der Waals surface area contributed by atoms with Crippen LogP contribution < -0.4 is 10.2 Å². The van der Waals surface area contributed by atoms with Crippen LogP contribution >= 0.6 is 0 Å². The Morgan fingerprint density at radius 1 is 1.39 bits per heavy atom. The minimum absolute atomic E-state index is 0.104. The van der Waals surface area contributed by atoms with E-state index in [2.05, 4.69) is 36.1 Å². The minimum atomic E-state index is -0.388. The summed E-state index contributed by atoms with van der Waals surface area (Å²) >= 11 is 0. The molecule has 0 bridgehead atoms. The first-order valence-electron chi connectivity index (χ1n) is 6.20. The molecule has 102 valence electrons. The molecule has 0 radical (unpaired) electrons. The Labute approximate surface area is 109 Å². The summed E-state index contributed by atoms with van der Waals surface area (Å²) in [6.07, 6.45) is -0.388. The molecule has 1 aromatic rings. The van der Waals surface area contributed by atoms with Crippen molar-refractivity contribution in [2.24, 2.45) is 0 Å². The van der Waals surface area contributed by atoms with Crippen LogP contribution in [0.25, 0.3) is 0 Å². The third kappa shape index (κ3) is 3.84. The summed E-state index contributed by atoms with van der Waals surface area (Å²) in [5.41, 5.74) is -0.104. The Bertz CT molecular complexity index is 398. The minimum Gasteiger partial charge on any atom is -0.392 e. The average molecular weight is 252 g/mol. The van der Waals surface area contributed by atoms with Crippen LogP contribution in [0.15, 0.2) is 6.07 Å². The maximum atomic E-state index is 9.44. The molecule has 0 aliphatic heterocycles. The third-order valence-corrected chi connectivity index (χ3v) is 2.57. The molecule has 1 heterocycles. The number of rotatable bonds is 4. The SMILES string of the molecule is CNc1cc(N(C)CC(C)O)nc(C(C)(C)C)n1. The highest BCUT2D eigenvalue weighted by molar-refractivity contribution is 5.49. The van der Waals surface area contributed by atoms with Gasteiger partial charge in [-0.05, 0) is 6.92 Å². The summed E-state index contributed by atoms with van der Waals surface area (Å²) in [6, 6.07) is 1.89. The summed E-state index contributed by atoms with van der Waals surface area (Å²) in [5, 5.41) is 12.5.